The second kappa shape index (κ2) is 5.20. The largest absolute Gasteiger partial charge is 0.339 e. The molecule has 0 spiro atoms. The van der Waals surface area contributed by atoms with Crippen LogP contribution in [0.15, 0.2) is 12.4 Å². The molecule has 0 N–H and O–H groups in total. The Morgan fingerprint density at radius 2 is 2.05 bits per heavy atom. The molecule has 20 heavy (non-hydrogen) atoms. The van der Waals surface area contributed by atoms with E-state index >= 15 is 0 Å². The van der Waals surface area contributed by atoms with Crippen molar-refractivity contribution < 1.29 is 4.79 Å². The SMILES string of the molecule is Cc1nnsc1C(=O)N1CCN(c2nccn2C)CC1. The van der Waals surface area contributed by atoms with Crippen LogP contribution >= 0.6 is 11.5 Å². The number of carbonyl (C=O) groups excluding carboxylic acids is 1. The summed E-state index contributed by atoms with van der Waals surface area (Å²) in [5.41, 5.74) is 0.714. The molecule has 7 nitrogen and oxygen atoms in total. The number of aromatic nitrogens is 4. The lowest BCUT2D eigenvalue weighted by atomic mass is 10.3. The van der Waals surface area contributed by atoms with Crippen molar-refractivity contribution in [1.82, 2.24) is 24.0 Å². The summed E-state index contributed by atoms with van der Waals surface area (Å²) < 4.78 is 5.82. The minimum Gasteiger partial charge on any atom is -0.339 e. The zero-order chi connectivity index (χ0) is 14.1. The van der Waals surface area contributed by atoms with Gasteiger partial charge in [-0.3, -0.25) is 4.79 Å². The summed E-state index contributed by atoms with van der Waals surface area (Å²) in [4.78, 5) is 21.4. The summed E-state index contributed by atoms with van der Waals surface area (Å²) in [5.74, 6) is 0.990. The van der Waals surface area contributed by atoms with E-state index in [1.165, 1.54) is 11.5 Å². The number of rotatable bonds is 2. The number of imidazole rings is 1. The second-order valence-corrected chi connectivity index (χ2v) is 5.56. The molecular weight excluding hydrogens is 276 g/mol. The van der Waals surface area contributed by atoms with Gasteiger partial charge in [-0.1, -0.05) is 4.49 Å². The van der Waals surface area contributed by atoms with Crippen molar-refractivity contribution >= 4 is 23.4 Å². The summed E-state index contributed by atoms with van der Waals surface area (Å²) in [6.07, 6.45) is 3.72. The van der Waals surface area contributed by atoms with Crippen molar-refractivity contribution in [1.29, 1.82) is 0 Å². The van der Waals surface area contributed by atoms with Gasteiger partial charge in [0.1, 0.15) is 4.88 Å². The minimum absolute atomic E-state index is 0.0389. The van der Waals surface area contributed by atoms with Gasteiger partial charge in [0.15, 0.2) is 0 Å². The Labute approximate surface area is 121 Å². The average Bonchev–Trinajstić information content (AvgIpc) is 3.07. The van der Waals surface area contributed by atoms with Crippen molar-refractivity contribution in [3.05, 3.63) is 23.0 Å². The van der Waals surface area contributed by atoms with Crippen molar-refractivity contribution in [2.75, 3.05) is 31.1 Å². The number of aryl methyl sites for hydroxylation is 2. The van der Waals surface area contributed by atoms with Gasteiger partial charge < -0.3 is 14.4 Å². The fraction of sp³-hybridized carbons (Fsp3) is 0.500. The lowest BCUT2D eigenvalue weighted by Crippen LogP contribution is -2.49. The molecule has 106 valence electrons. The third-order valence-electron chi connectivity index (χ3n) is 3.49. The molecule has 1 saturated heterocycles. The molecule has 0 aliphatic carbocycles. The van der Waals surface area contributed by atoms with Gasteiger partial charge in [0.2, 0.25) is 5.95 Å². The Morgan fingerprint density at radius 3 is 2.60 bits per heavy atom. The Hall–Kier alpha value is -1.96. The second-order valence-electron chi connectivity index (χ2n) is 4.80. The summed E-state index contributed by atoms with van der Waals surface area (Å²) in [6, 6.07) is 0. The maximum atomic E-state index is 12.4. The lowest BCUT2D eigenvalue weighted by Gasteiger charge is -2.35. The van der Waals surface area contributed by atoms with Crippen LogP contribution in [0.5, 0.6) is 0 Å². The van der Waals surface area contributed by atoms with E-state index in [2.05, 4.69) is 19.5 Å². The monoisotopic (exact) mass is 292 g/mol. The van der Waals surface area contributed by atoms with E-state index < -0.39 is 0 Å². The quantitative estimate of drug-likeness (QED) is 0.808. The fourth-order valence-electron chi connectivity index (χ4n) is 2.34. The van der Waals surface area contributed by atoms with Crippen LogP contribution in [0.25, 0.3) is 0 Å². The first kappa shape index (κ1) is 13.0. The molecule has 1 fully saturated rings. The molecule has 1 aliphatic heterocycles. The average molecular weight is 292 g/mol. The van der Waals surface area contributed by atoms with Crippen LogP contribution in [-0.4, -0.2) is 56.1 Å². The van der Waals surface area contributed by atoms with Gasteiger partial charge >= 0.3 is 0 Å². The molecule has 1 aliphatic rings. The van der Waals surface area contributed by atoms with Crippen molar-refractivity contribution in [2.24, 2.45) is 7.05 Å². The highest BCUT2D eigenvalue weighted by Gasteiger charge is 2.26. The van der Waals surface area contributed by atoms with E-state index in [4.69, 9.17) is 0 Å². The number of nitrogens with zero attached hydrogens (tertiary/aromatic N) is 6. The van der Waals surface area contributed by atoms with Crippen LogP contribution in [0.2, 0.25) is 0 Å². The smallest absolute Gasteiger partial charge is 0.267 e. The molecule has 8 heteroatoms. The van der Waals surface area contributed by atoms with Crippen LogP contribution in [0.3, 0.4) is 0 Å². The maximum absolute atomic E-state index is 12.4. The molecule has 2 aromatic heterocycles. The summed E-state index contributed by atoms with van der Waals surface area (Å²) in [5, 5.41) is 3.90. The van der Waals surface area contributed by atoms with E-state index in [-0.39, 0.29) is 5.91 Å². The molecule has 0 unspecified atom stereocenters. The molecule has 0 bridgehead atoms. The van der Waals surface area contributed by atoms with Crippen molar-refractivity contribution in [3.8, 4) is 0 Å². The predicted molar refractivity (Wildman–Crippen MR) is 76.0 cm³/mol. The van der Waals surface area contributed by atoms with Crippen LogP contribution in [0, 0.1) is 6.92 Å². The third kappa shape index (κ3) is 2.26. The van der Waals surface area contributed by atoms with Gasteiger partial charge in [-0.05, 0) is 18.5 Å². The number of piperazine rings is 1. The molecule has 0 aromatic carbocycles. The van der Waals surface area contributed by atoms with Crippen molar-refractivity contribution in [3.63, 3.8) is 0 Å². The standard InChI is InChI=1S/C12H16N6OS/c1-9-10(20-15-14-9)11(19)17-5-7-18(8-6-17)12-13-3-4-16(12)2/h3-4H,5-8H2,1-2H3. The highest BCUT2D eigenvalue weighted by Crippen LogP contribution is 2.17. The molecular formula is C12H16N6OS. The van der Waals surface area contributed by atoms with E-state index in [1.54, 1.807) is 6.20 Å². The topological polar surface area (TPSA) is 67.2 Å². The lowest BCUT2D eigenvalue weighted by molar-refractivity contribution is 0.0750. The van der Waals surface area contributed by atoms with Crippen LogP contribution < -0.4 is 4.90 Å². The van der Waals surface area contributed by atoms with Crippen molar-refractivity contribution in [2.45, 2.75) is 6.92 Å². The van der Waals surface area contributed by atoms with Gasteiger partial charge in [0.25, 0.3) is 5.91 Å². The van der Waals surface area contributed by atoms with Gasteiger partial charge in [-0.15, -0.1) is 5.10 Å². The number of carbonyl (C=O) groups is 1. The number of hydrogen-bond acceptors (Lipinski definition) is 6. The molecule has 0 saturated carbocycles. The molecule has 3 rings (SSSR count). The first-order valence-electron chi connectivity index (χ1n) is 6.47. The molecule has 3 heterocycles. The number of anilines is 1. The minimum atomic E-state index is 0.0389. The highest BCUT2D eigenvalue weighted by atomic mass is 32.1. The zero-order valence-corrected chi connectivity index (χ0v) is 12.3. The number of hydrogen-bond donors (Lipinski definition) is 0. The van der Waals surface area contributed by atoms with Crippen LogP contribution in [0.4, 0.5) is 5.95 Å². The van der Waals surface area contributed by atoms with E-state index in [9.17, 15) is 4.79 Å². The van der Waals surface area contributed by atoms with Gasteiger partial charge in [-0.25, -0.2) is 4.98 Å². The first-order chi connectivity index (χ1) is 9.66. The zero-order valence-electron chi connectivity index (χ0n) is 11.5. The van der Waals surface area contributed by atoms with E-state index in [0.29, 0.717) is 23.7 Å². The van der Waals surface area contributed by atoms with E-state index in [0.717, 1.165) is 19.0 Å². The Kier molecular flexibility index (Phi) is 3.39. The van der Waals surface area contributed by atoms with Crippen LogP contribution in [-0.2, 0) is 7.05 Å². The third-order valence-corrected chi connectivity index (χ3v) is 4.31. The molecule has 0 radical (unpaired) electrons. The number of amides is 1. The Morgan fingerprint density at radius 1 is 1.30 bits per heavy atom. The Bertz CT molecular complexity index is 613. The van der Waals surface area contributed by atoms with Gasteiger partial charge in [0, 0.05) is 45.6 Å². The summed E-state index contributed by atoms with van der Waals surface area (Å²) in [7, 11) is 1.98. The van der Waals surface area contributed by atoms with Crippen LogP contribution in [0.1, 0.15) is 15.4 Å². The normalized spacial score (nSPS) is 15.7. The molecule has 0 atom stereocenters. The van der Waals surface area contributed by atoms with Gasteiger partial charge in [0.05, 0.1) is 5.69 Å². The maximum Gasteiger partial charge on any atom is 0.267 e. The summed E-state index contributed by atoms with van der Waals surface area (Å²) >= 11 is 1.17. The highest BCUT2D eigenvalue weighted by molar-refractivity contribution is 7.07. The van der Waals surface area contributed by atoms with Gasteiger partial charge in [-0.2, -0.15) is 0 Å². The molecule has 2 aromatic rings. The Balaban J connectivity index is 1.66. The predicted octanol–water partition coefficient (Wildman–Crippen LogP) is 0.542. The first-order valence-corrected chi connectivity index (χ1v) is 7.24. The molecule has 1 amide bonds. The van der Waals surface area contributed by atoms with E-state index in [1.807, 2.05) is 29.6 Å². The summed E-state index contributed by atoms with van der Waals surface area (Å²) in [6.45, 7) is 4.80. The fourth-order valence-corrected chi connectivity index (χ4v) is 2.97.